The van der Waals surface area contributed by atoms with Crippen molar-refractivity contribution in [2.45, 2.75) is 25.1 Å². The van der Waals surface area contributed by atoms with E-state index in [1.807, 2.05) is 9.96 Å². The Labute approximate surface area is 144 Å². The molecule has 0 aliphatic carbocycles. The number of carbonyl (C=O) groups is 1. The fourth-order valence-corrected chi connectivity index (χ4v) is 3.26. The lowest BCUT2D eigenvalue weighted by Gasteiger charge is -2.42. The Hall–Kier alpha value is -1.80. The molecule has 2 fully saturated rings. The SMILES string of the molecule is CON1CCC(C(=O)NC2CN(c3ccc(C(F)(F)F)cc3)C2)CC1. The van der Waals surface area contributed by atoms with Gasteiger partial charge in [-0.05, 0) is 37.1 Å². The predicted molar refractivity (Wildman–Crippen MR) is 86.9 cm³/mol. The normalized spacial score (nSPS) is 20.4. The van der Waals surface area contributed by atoms with E-state index in [0.717, 1.165) is 43.8 Å². The Bertz CT molecular complexity index is 592. The lowest BCUT2D eigenvalue weighted by atomic mass is 9.96. The van der Waals surface area contributed by atoms with Gasteiger partial charge < -0.3 is 15.1 Å². The van der Waals surface area contributed by atoms with Crippen molar-refractivity contribution >= 4 is 11.6 Å². The van der Waals surface area contributed by atoms with Crippen molar-refractivity contribution in [3.8, 4) is 0 Å². The molecule has 3 rings (SSSR count). The number of amides is 1. The van der Waals surface area contributed by atoms with Crippen LogP contribution in [0.25, 0.3) is 0 Å². The fourth-order valence-electron chi connectivity index (χ4n) is 3.26. The summed E-state index contributed by atoms with van der Waals surface area (Å²) in [7, 11) is 1.63. The van der Waals surface area contributed by atoms with E-state index >= 15 is 0 Å². The lowest BCUT2D eigenvalue weighted by molar-refractivity contribution is -0.154. The summed E-state index contributed by atoms with van der Waals surface area (Å²) in [6.45, 7) is 2.73. The van der Waals surface area contributed by atoms with Crippen LogP contribution in [0.1, 0.15) is 18.4 Å². The molecule has 1 N–H and O–H groups in total. The van der Waals surface area contributed by atoms with Crippen molar-refractivity contribution in [1.82, 2.24) is 10.4 Å². The van der Waals surface area contributed by atoms with Crippen molar-refractivity contribution < 1.29 is 22.8 Å². The summed E-state index contributed by atoms with van der Waals surface area (Å²) >= 11 is 0. The number of nitrogens with one attached hydrogen (secondary N) is 1. The van der Waals surface area contributed by atoms with Gasteiger partial charge in [0.25, 0.3) is 0 Å². The summed E-state index contributed by atoms with van der Waals surface area (Å²) in [6.07, 6.45) is -2.77. The molecule has 0 saturated carbocycles. The van der Waals surface area contributed by atoms with E-state index < -0.39 is 11.7 Å². The molecule has 1 aromatic carbocycles. The summed E-state index contributed by atoms with van der Waals surface area (Å²) in [6, 6.07) is 5.17. The molecule has 2 aliphatic heterocycles. The maximum absolute atomic E-state index is 12.6. The number of rotatable bonds is 4. The molecular formula is C17H22F3N3O2. The number of nitrogens with zero attached hydrogens (tertiary/aromatic N) is 2. The van der Waals surface area contributed by atoms with Crippen LogP contribution in [0.5, 0.6) is 0 Å². The molecule has 5 nitrogen and oxygen atoms in total. The van der Waals surface area contributed by atoms with Crippen LogP contribution in [0.2, 0.25) is 0 Å². The number of hydroxylamine groups is 2. The first kappa shape index (κ1) is 18.0. The van der Waals surface area contributed by atoms with Crippen LogP contribution in [0, 0.1) is 5.92 Å². The van der Waals surface area contributed by atoms with Crippen molar-refractivity contribution in [3.63, 3.8) is 0 Å². The molecule has 0 radical (unpaired) electrons. The molecule has 8 heteroatoms. The van der Waals surface area contributed by atoms with E-state index in [1.165, 1.54) is 12.1 Å². The zero-order valence-corrected chi connectivity index (χ0v) is 14.1. The first-order valence-corrected chi connectivity index (χ1v) is 8.38. The largest absolute Gasteiger partial charge is 0.416 e. The maximum Gasteiger partial charge on any atom is 0.416 e. The van der Waals surface area contributed by atoms with Gasteiger partial charge in [0.1, 0.15) is 0 Å². The Morgan fingerprint density at radius 1 is 1.16 bits per heavy atom. The highest BCUT2D eigenvalue weighted by Crippen LogP contribution is 2.31. The van der Waals surface area contributed by atoms with Gasteiger partial charge in [-0.2, -0.15) is 18.2 Å². The standard InChI is InChI=1S/C17H22F3N3O2/c1-25-23-8-6-12(7-9-23)16(24)21-14-10-22(11-14)15-4-2-13(3-5-15)17(18,19)20/h2-5,12,14H,6-11H2,1H3,(H,21,24). The number of benzene rings is 1. The Kier molecular flexibility index (Phi) is 5.19. The van der Waals surface area contributed by atoms with Gasteiger partial charge in [-0.25, -0.2) is 0 Å². The van der Waals surface area contributed by atoms with Gasteiger partial charge in [-0.15, -0.1) is 0 Å². The van der Waals surface area contributed by atoms with Crippen molar-refractivity contribution in [1.29, 1.82) is 0 Å². The molecule has 1 amide bonds. The van der Waals surface area contributed by atoms with Crippen LogP contribution in [0.15, 0.2) is 24.3 Å². The van der Waals surface area contributed by atoms with Crippen molar-refractivity contribution in [3.05, 3.63) is 29.8 Å². The zero-order chi connectivity index (χ0) is 18.0. The number of hydrogen-bond acceptors (Lipinski definition) is 4. The average molecular weight is 357 g/mol. The molecule has 138 valence electrons. The molecule has 1 aromatic rings. The molecule has 0 unspecified atom stereocenters. The van der Waals surface area contributed by atoms with Gasteiger partial charge in [-0.1, -0.05) is 0 Å². The third-order valence-electron chi connectivity index (χ3n) is 4.87. The van der Waals surface area contributed by atoms with Gasteiger partial charge in [-0.3, -0.25) is 4.79 Å². The number of hydrogen-bond donors (Lipinski definition) is 1. The molecule has 25 heavy (non-hydrogen) atoms. The van der Waals surface area contributed by atoms with E-state index in [0.29, 0.717) is 13.1 Å². The molecular weight excluding hydrogens is 335 g/mol. The van der Waals surface area contributed by atoms with Gasteiger partial charge in [0.2, 0.25) is 5.91 Å². The summed E-state index contributed by atoms with van der Waals surface area (Å²) in [5.74, 6) is 0.0688. The fraction of sp³-hybridized carbons (Fsp3) is 0.588. The van der Waals surface area contributed by atoms with Gasteiger partial charge in [0.15, 0.2) is 0 Å². The number of piperidine rings is 1. The summed E-state index contributed by atoms with van der Waals surface area (Å²) in [5.41, 5.74) is 0.0935. The van der Waals surface area contributed by atoms with Crippen LogP contribution in [-0.2, 0) is 15.8 Å². The van der Waals surface area contributed by atoms with Crippen LogP contribution in [0.3, 0.4) is 0 Å². The quantitative estimate of drug-likeness (QED) is 0.898. The molecule has 0 atom stereocenters. The summed E-state index contributed by atoms with van der Waals surface area (Å²) < 4.78 is 37.7. The Morgan fingerprint density at radius 2 is 1.76 bits per heavy atom. The van der Waals surface area contributed by atoms with Crippen LogP contribution in [0.4, 0.5) is 18.9 Å². The Balaban J connectivity index is 1.44. The lowest BCUT2D eigenvalue weighted by Crippen LogP contribution is -2.60. The highest BCUT2D eigenvalue weighted by molar-refractivity contribution is 5.79. The second-order valence-electron chi connectivity index (χ2n) is 6.54. The highest BCUT2D eigenvalue weighted by atomic mass is 19.4. The molecule has 0 spiro atoms. The first-order valence-electron chi connectivity index (χ1n) is 8.38. The van der Waals surface area contributed by atoms with Crippen LogP contribution >= 0.6 is 0 Å². The highest BCUT2D eigenvalue weighted by Gasteiger charge is 2.33. The minimum atomic E-state index is -4.32. The molecule has 0 bridgehead atoms. The van der Waals surface area contributed by atoms with Gasteiger partial charge in [0.05, 0.1) is 18.7 Å². The number of anilines is 1. The van der Waals surface area contributed by atoms with Crippen LogP contribution < -0.4 is 10.2 Å². The second kappa shape index (κ2) is 7.21. The van der Waals surface area contributed by atoms with Gasteiger partial charge in [0, 0.05) is 37.8 Å². The summed E-state index contributed by atoms with van der Waals surface area (Å²) in [5, 5.41) is 4.88. The summed E-state index contributed by atoms with van der Waals surface area (Å²) in [4.78, 5) is 19.4. The first-order chi connectivity index (χ1) is 11.9. The van der Waals surface area contributed by atoms with E-state index in [9.17, 15) is 18.0 Å². The molecule has 2 saturated heterocycles. The third kappa shape index (κ3) is 4.24. The van der Waals surface area contributed by atoms with Crippen LogP contribution in [-0.4, -0.2) is 50.3 Å². The molecule has 0 aromatic heterocycles. The van der Waals surface area contributed by atoms with E-state index in [-0.39, 0.29) is 17.9 Å². The number of halogens is 3. The predicted octanol–water partition coefficient (Wildman–Crippen LogP) is 2.28. The maximum atomic E-state index is 12.6. The molecule has 2 aliphatic rings. The van der Waals surface area contributed by atoms with Gasteiger partial charge >= 0.3 is 6.18 Å². The average Bonchev–Trinajstić information content (AvgIpc) is 2.57. The third-order valence-corrected chi connectivity index (χ3v) is 4.87. The molecule has 2 heterocycles. The topological polar surface area (TPSA) is 44.8 Å². The smallest absolute Gasteiger partial charge is 0.367 e. The van der Waals surface area contributed by atoms with Crippen molar-refractivity contribution in [2.24, 2.45) is 5.92 Å². The zero-order valence-electron chi connectivity index (χ0n) is 14.1. The van der Waals surface area contributed by atoms with E-state index in [1.54, 1.807) is 7.11 Å². The Morgan fingerprint density at radius 3 is 2.28 bits per heavy atom. The second-order valence-corrected chi connectivity index (χ2v) is 6.54. The number of alkyl halides is 3. The number of carbonyl (C=O) groups excluding carboxylic acids is 1. The minimum Gasteiger partial charge on any atom is -0.367 e. The monoisotopic (exact) mass is 357 g/mol. The van der Waals surface area contributed by atoms with E-state index in [2.05, 4.69) is 5.32 Å². The minimum absolute atomic E-state index is 0.00604. The van der Waals surface area contributed by atoms with E-state index in [4.69, 9.17) is 4.84 Å². The van der Waals surface area contributed by atoms with Crippen molar-refractivity contribution in [2.75, 3.05) is 38.2 Å².